The van der Waals surface area contributed by atoms with Crippen molar-refractivity contribution in [3.8, 4) is 0 Å². The predicted octanol–water partition coefficient (Wildman–Crippen LogP) is 1.36. The van der Waals surface area contributed by atoms with Crippen LogP contribution in [0.15, 0.2) is 0 Å². The lowest BCUT2D eigenvalue weighted by Gasteiger charge is -2.41. The van der Waals surface area contributed by atoms with Gasteiger partial charge in [0.1, 0.15) is 0 Å². The zero-order valence-electron chi connectivity index (χ0n) is 12.7. The van der Waals surface area contributed by atoms with Gasteiger partial charge in [-0.25, -0.2) is 0 Å². The molecule has 0 saturated carbocycles. The summed E-state index contributed by atoms with van der Waals surface area (Å²) in [4.78, 5) is 14.6. The third kappa shape index (κ3) is 3.95. The highest BCUT2D eigenvalue weighted by molar-refractivity contribution is 5.82. The van der Waals surface area contributed by atoms with E-state index in [4.69, 9.17) is 0 Å². The van der Waals surface area contributed by atoms with Gasteiger partial charge in [-0.15, -0.1) is 0 Å². The van der Waals surface area contributed by atoms with Crippen molar-refractivity contribution in [2.75, 3.05) is 13.1 Å². The molecule has 0 aromatic carbocycles. The summed E-state index contributed by atoms with van der Waals surface area (Å²) >= 11 is 0. The Morgan fingerprint density at radius 3 is 2.67 bits per heavy atom. The van der Waals surface area contributed by atoms with Gasteiger partial charge in [-0.1, -0.05) is 6.92 Å². The number of piperazine rings is 1. The zero-order chi connectivity index (χ0) is 13.9. The number of nitrogens with one attached hydrogen (secondary N) is 2. The van der Waals surface area contributed by atoms with Gasteiger partial charge >= 0.3 is 0 Å². The number of nitrogens with zero attached hydrogens (tertiary/aromatic N) is 1. The van der Waals surface area contributed by atoms with Crippen LogP contribution >= 0.6 is 0 Å². The van der Waals surface area contributed by atoms with Crippen LogP contribution in [-0.4, -0.2) is 47.6 Å². The first-order chi connectivity index (χ1) is 8.26. The van der Waals surface area contributed by atoms with E-state index in [-0.39, 0.29) is 17.5 Å². The molecule has 1 fully saturated rings. The summed E-state index contributed by atoms with van der Waals surface area (Å²) in [6, 6.07) is 0.803. The lowest BCUT2D eigenvalue weighted by Crippen LogP contribution is -2.61. The Kier molecular flexibility index (Phi) is 5.17. The van der Waals surface area contributed by atoms with Crippen molar-refractivity contribution in [2.45, 2.75) is 71.6 Å². The highest BCUT2D eigenvalue weighted by atomic mass is 16.2. The molecule has 0 spiro atoms. The third-order valence-electron chi connectivity index (χ3n) is 4.03. The van der Waals surface area contributed by atoms with E-state index in [9.17, 15) is 4.79 Å². The molecule has 0 aliphatic carbocycles. The minimum absolute atomic E-state index is 0.0598. The molecule has 3 unspecified atom stereocenters. The first-order valence-corrected chi connectivity index (χ1v) is 7.08. The van der Waals surface area contributed by atoms with Crippen molar-refractivity contribution in [2.24, 2.45) is 0 Å². The van der Waals surface area contributed by atoms with Crippen LogP contribution in [0.1, 0.15) is 48.0 Å². The van der Waals surface area contributed by atoms with Crippen LogP contribution in [-0.2, 0) is 4.79 Å². The number of amides is 1. The van der Waals surface area contributed by atoms with E-state index in [0.29, 0.717) is 12.1 Å². The molecule has 1 aliphatic rings. The fraction of sp³-hybridized carbons (Fsp3) is 0.929. The van der Waals surface area contributed by atoms with Gasteiger partial charge in [-0.2, -0.15) is 0 Å². The highest BCUT2D eigenvalue weighted by Crippen LogP contribution is 2.13. The number of rotatable bonds is 4. The predicted molar refractivity (Wildman–Crippen MR) is 75.6 cm³/mol. The second kappa shape index (κ2) is 6.02. The molecule has 4 nitrogen and oxygen atoms in total. The van der Waals surface area contributed by atoms with E-state index in [0.717, 1.165) is 19.5 Å². The molecule has 1 saturated heterocycles. The molecule has 0 radical (unpaired) electrons. The van der Waals surface area contributed by atoms with E-state index < -0.39 is 0 Å². The molecule has 1 amide bonds. The SMILES string of the molecule is CCC(C)(C)NC(=O)C(C)N1CC(C)NCC1C. The zero-order valence-corrected chi connectivity index (χ0v) is 12.7. The number of hydrogen-bond acceptors (Lipinski definition) is 3. The smallest absolute Gasteiger partial charge is 0.237 e. The van der Waals surface area contributed by atoms with E-state index in [1.165, 1.54) is 0 Å². The molecule has 106 valence electrons. The summed E-state index contributed by atoms with van der Waals surface area (Å²) < 4.78 is 0. The lowest BCUT2D eigenvalue weighted by atomic mass is 10.0. The van der Waals surface area contributed by atoms with Crippen molar-refractivity contribution < 1.29 is 4.79 Å². The van der Waals surface area contributed by atoms with Crippen molar-refractivity contribution >= 4 is 5.91 Å². The highest BCUT2D eigenvalue weighted by Gasteiger charge is 2.31. The van der Waals surface area contributed by atoms with Gasteiger partial charge < -0.3 is 10.6 Å². The maximum atomic E-state index is 12.3. The molecule has 0 aromatic heterocycles. The normalized spacial score (nSPS) is 27.9. The van der Waals surface area contributed by atoms with Crippen molar-refractivity contribution in [3.63, 3.8) is 0 Å². The van der Waals surface area contributed by atoms with E-state index >= 15 is 0 Å². The molecule has 2 N–H and O–H groups in total. The first-order valence-electron chi connectivity index (χ1n) is 7.08. The van der Waals surface area contributed by atoms with Crippen LogP contribution in [0, 0.1) is 0 Å². The van der Waals surface area contributed by atoms with Crippen LogP contribution in [0.5, 0.6) is 0 Å². The van der Waals surface area contributed by atoms with Crippen molar-refractivity contribution in [3.05, 3.63) is 0 Å². The number of hydrogen-bond donors (Lipinski definition) is 2. The van der Waals surface area contributed by atoms with Gasteiger partial charge in [0.2, 0.25) is 5.91 Å². The molecular formula is C14H29N3O. The Bertz CT molecular complexity index is 291. The molecule has 18 heavy (non-hydrogen) atoms. The number of carbonyl (C=O) groups is 1. The molecule has 3 atom stereocenters. The van der Waals surface area contributed by atoms with E-state index in [2.05, 4.69) is 50.2 Å². The largest absolute Gasteiger partial charge is 0.350 e. The van der Waals surface area contributed by atoms with Crippen molar-refractivity contribution in [1.82, 2.24) is 15.5 Å². The Hall–Kier alpha value is -0.610. The van der Waals surface area contributed by atoms with Crippen LogP contribution < -0.4 is 10.6 Å². The quantitative estimate of drug-likeness (QED) is 0.797. The van der Waals surface area contributed by atoms with E-state index in [1.54, 1.807) is 0 Å². The van der Waals surface area contributed by atoms with Gasteiger partial charge in [0.15, 0.2) is 0 Å². The second-order valence-corrected chi connectivity index (χ2v) is 6.26. The molecule has 0 bridgehead atoms. The molecule has 1 rings (SSSR count). The maximum Gasteiger partial charge on any atom is 0.237 e. The summed E-state index contributed by atoms with van der Waals surface area (Å²) in [5, 5.41) is 6.58. The molecule has 4 heteroatoms. The summed E-state index contributed by atoms with van der Waals surface area (Å²) in [6.07, 6.45) is 0.943. The third-order valence-corrected chi connectivity index (χ3v) is 4.03. The monoisotopic (exact) mass is 255 g/mol. The molecule has 1 heterocycles. The summed E-state index contributed by atoms with van der Waals surface area (Å²) in [7, 11) is 0. The molecular weight excluding hydrogens is 226 g/mol. The fourth-order valence-electron chi connectivity index (χ4n) is 2.27. The van der Waals surface area contributed by atoms with Gasteiger partial charge in [0, 0.05) is 30.7 Å². The van der Waals surface area contributed by atoms with Crippen LogP contribution in [0.4, 0.5) is 0 Å². The Morgan fingerprint density at radius 1 is 1.50 bits per heavy atom. The lowest BCUT2D eigenvalue weighted by molar-refractivity contribution is -0.129. The molecule has 0 aromatic rings. The fourth-order valence-corrected chi connectivity index (χ4v) is 2.27. The van der Waals surface area contributed by atoms with Gasteiger partial charge in [-0.3, -0.25) is 9.69 Å². The Labute approximate surface area is 111 Å². The minimum Gasteiger partial charge on any atom is -0.350 e. The van der Waals surface area contributed by atoms with Gasteiger partial charge in [0.25, 0.3) is 0 Å². The average molecular weight is 255 g/mol. The topological polar surface area (TPSA) is 44.4 Å². The van der Waals surface area contributed by atoms with Gasteiger partial charge in [-0.05, 0) is 41.0 Å². The maximum absolute atomic E-state index is 12.3. The first kappa shape index (κ1) is 15.4. The Balaban J connectivity index is 2.62. The van der Waals surface area contributed by atoms with Gasteiger partial charge in [0.05, 0.1) is 6.04 Å². The summed E-state index contributed by atoms with van der Waals surface area (Å²) in [5.41, 5.74) is -0.117. The standard InChI is InChI=1S/C14H29N3O/c1-7-14(5,6)16-13(18)12(4)17-9-10(2)15-8-11(17)3/h10-12,15H,7-9H2,1-6H3,(H,16,18). The Morgan fingerprint density at radius 2 is 2.11 bits per heavy atom. The second-order valence-electron chi connectivity index (χ2n) is 6.26. The van der Waals surface area contributed by atoms with Crippen molar-refractivity contribution in [1.29, 1.82) is 0 Å². The van der Waals surface area contributed by atoms with E-state index in [1.807, 2.05) is 6.92 Å². The molecule has 1 aliphatic heterocycles. The van der Waals surface area contributed by atoms with Crippen LogP contribution in [0.25, 0.3) is 0 Å². The minimum atomic E-state index is -0.117. The van der Waals surface area contributed by atoms with Crippen LogP contribution in [0.2, 0.25) is 0 Å². The average Bonchev–Trinajstić information content (AvgIpc) is 2.31. The number of carbonyl (C=O) groups excluding carboxylic acids is 1. The summed E-state index contributed by atoms with van der Waals surface area (Å²) in [6.45, 7) is 14.5. The summed E-state index contributed by atoms with van der Waals surface area (Å²) in [5.74, 6) is 0.141. The van der Waals surface area contributed by atoms with Crippen LogP contribution in [0.3, 0.4) is 0 Å².